The minimum atomic E-state index is -8.24. The molecule has 0 fully saturated rings. The lowest BCUT2D eigenvalue weighted by Crippen LogP contribution is -2.74. The van der Waals surface area contributed by atoms with Crippen molar-refractivity contribution >= 4 is 17.5 Å². The van der Waals surface area contributed by atoms with E-state index >= 15 is 0 Å². The Hall–Kier alpha value is -1.22. The van der Waals surface area contributed by atoms with Crippen LogP contribution in [0, 0.1) is 0 Å². The van der Waals surface area contributed by atoms with Gasteiger partial charge in [-0.05, 0) is 25.4 Å². The van der Waals surface area contributed by atoms with E-state index in [1.54, 1.807) is 0 Å². The van der Waals surface area contributed by atoms with Gasteiger partial charge >= 0.3 is 40.9 Å². The topological polar surface area (TPSA) is 20.3 Å². The average Bonchev–Trinajstić information content (AvgIpc) is 2.53. The van der Waals surface area contributed by atoms with E-state index in [1.165, 1.54) is 0 Å². The van der Waals surface area contributed by atoms with Gasteiger partial charge in [0, 0.05) is 13.1 Å². The number of amides is 1. The second kappa shape index (κ2) is 7.48. The van der Waals surface area contributed by atoms with Crippen LogP contribution in [-0.2, 0) is 4.79 Å². The zero-order chi connectivity index (χ0) is 24.1. The third kappa shape index (κ3) is 3.69. The van der Waals surface area contributed by atoms with Crippen LogP contribution in [0.4, 0.5) is 61.5 Å². The predicted octanol–water partition coefficient (Wildman–Crippen LogP) is 5.50. The molecule has 0 rings (SSSR count). The Morgan fingerprint density at radius 2 is 0.897 bits per heavy atom. The van der Waals surface area contributed by atoms with E-state index in [1.807, 2.05) is 0 Å². The quantitative estimate of drug-likeness (QED) is 0.312. The number of alkyl halides is 15. The Morgan fingerprint density at radius 3 is 1.17 bits per heavy atom. The number of carbonyl (C=O) groups is 1. The maximum absolute atomic E-state index is 13.6. The molecule has 0 N–H and O–H groups in total. The van der Waals surface area contributed by atoms with Gasteiger partial charge < -0.3 is 4.90 Å². The molecular weight excluding hydrogens is 476 g/mol. The molecule has 0 spiro atoms. The molecule has 29 heavy (non-hydrogen) atoms. The molecule has 0 saturated heterocycles. The summed E-state index contributed by atoms with van der Waals surface area (Å²) >= 11 is 3.46. The Kier molecular flexibility index (Phi) is 7.17. The molecule has 17 heteroatoms. The van der Waals surface area contributed by atoms with Crippen molar-refractivity contribution in [1.29, 1.82) is 0 Å². The van der Waals surface area contributed by atoms with Crippen molar-refractivity contribution in [2.75, 3.05) is 13.1 Å². The highest BCUT2D eigenvalue weighted by atomic mass is 35.5. The highest BCUT2D eigenvalue weighted by molar-refractivity contribution is 6.22. The minimum Gasteiger partial charge on any atom is -0.338 e. The third-order valence-corrected chi connectivity index (χ3v) is 3.88. The Labute approximate surface area is 157 Å². The van der Waals surface area contributed by atoms with Crippen LogP contribution in [0.25, 0.3) is 0 Å². The molecule has 0 aliphatic heterocycles. The van der Waals surface area contributed by atoms with E-state index in [2.05, 4.69) is 11.6 Å². The molecule has 0 unspecified atom stereocenters. The van der Waals surface area contributed by atoms with E-state index in [4.69, 9.17) is 0 Å². The van der Waals surface area contributed by atoms with Crippen molar-refractivity contribution in [3.8, 4) is 0 Å². The first-order chi connectivity index (χ1) is 12.4. The lowest BCUT2D eigenvalue weighted by Gasteiger charge is -2.42. The summed E-state index contributed by atoms with van der Waals surface area (Å²) in [5.74, 6) is -49.9. The standard InChI is InChI=1S/C12H10ClF14NO/c1-3-28(4-2)5(29)6(14,15)7(16,17)8(18,19)9(20,21)10(22,23)11(24,25)12(13,26)27/h3-4H2,1-2H3. The van der Waals surface area contributed by atoms with E-state index < -0.39 is 59.9 Å². The molecule has 0 saturated carbocycles. The highest BCUT2D eigenvalue weighted by Crippen LogP contribution is 2.62. The van der Waals surface area contributed by atoms with Crippen LogP contribution in [-0.4, -0.2) is 64.8 Å². The van der Waals surface area contributed by atoms with E-state index in [0.717, 1.165) is 13.8 Å². The van der Waals surface area contributed by atoms with Crippen molar-refractivity contribution in [1.82, 2.24) is 4.90 Å². The van der Waals surface area contributed by atoms with E-state index in [-0.39, 0.29) is 4.90 Å². The summed E-state index contributed by atoms with van der Waals surface area (Å²) in [6.07, 6.45) is 0. The van der Waals surface area contributed by atoms with Crippen LogP contribution < -0.4 is 0 Å². The maximum Gasteiger partial charge on any atom is 0.393 e. The molecule has 0 aromatic rings. The van der Waals surface area contributed by atoms with E-state index in [0.29, 0.717) is 0 Å². The normalized spacial score (nSPS) is 15.5. The summed E-state index contributed by atoms with van der Waals surface area (Å²) in [6.45, 7) is -0.0371. The zero-order valence-electron chi connectivity index (χ0n) is 13.9. The second-order valence-corrected chi connectivity index (χ2v) is 5.90. The summed E-state index contributed by atoms with van der Waals surface area (Å²) in [7, 11) is 0. The summed E-state index contributed by atoms with van der Waals surface area (Å²) in [6, 6.07) is 0. The van der Waals surface area contributed by atoms with Crippen molar-refractivity contribution in [2.45, 2.75) is 54.8 Å². The fourth-order valence-electron chi connectivity index (χ4n) is 1.81. The fraction of sp³-hybridized carbons (Fsp3) is 0.917. The summed E-state index contributed by atoms with van der Waals surface area (Å²) in [5, 5.41) is -6.69. The second-order valence-electron chi connectivity index (χ2n) is 5.42. The van der Waals surface area contributed by atoms with Crippen molar-refractivity contribution in [3.63, 3.8) is 0 Å². The fourth-order valence-corrected chi connectivity index (χ4v) is 1.93. The molecule has 0 atom stereocenters. The third-order valence-electron chi connectivity index (χ3n) is 3.65. The van der Waals surface area contributed by atoms with Gasteiger partial charge in [0.25, 0.3) is 5.91 Å². The number of halogens is 15. The van der Waals surface area contributed by atoms with Crippen molar-refractivity contribution in [3.05, 3.63) is 0 Å². The van der Waals surface area contributed by atoms with Gasteiger partial charge in [-0.1, -0.05) is 0 Å². The summed E-state index contributed by atoms with van der Waals surface area (Å²) in [5.41, 5.74) is 0. The van der Waals surface area contributed by atoms with Crippen molar-refractivity contribution in [2.24, 2.45) is 0 Å². The van der Waals surface area contributed by atoms with Crippen LogP contribution in [0.1, 0.15) is 13.8 Å². The Bertz CT molecular complexity index is 610. The minimum absolute atomic E-state index is 0.290. The Morgan fingerprint density at radius 1 is 0.621 bits per heavy atom. The molecule has 0 aromatic carbocycles. The molecule has 0 bridgehead atoms. The highest BCUT2D eigenvalue weighted by Gasteiger charge is 2.93. The first-order valence-electron chi connectivity index (χ1n) is 7.06. The monoisotopic (exact) mass is 485 g/mol. The van der Waals surface area contributed by atoms with Gasteiger partial charge in [-0.15, -0.1) is 0 Å². The molecular formula is C12H10ClF14NO. The van der Waals surface area contributed by atoms with Gasteiger partial charge in [0.05, 0.1) is 0 Å². The summed E-state index contributed by atoms with van der Waals surface area (Å²) in [4.78, 5) is 11.0. The SMILES string of the molecule is CCN(CC)C(=O)C(F)(F)C(F)(F)C(F)(F)C(F)(F)C(F)(F)C(F)(F)C(F)(F)Cl. The van der Waals surface area contributed by atoms with Crippen LogP contribution in [0.15, 0.2) is 0 Å². The largest absolute Gasteiger partial charge is 0.393 e. The molecule has 0 aliphatic rings. The van der Waals surface area contributed by atoms with Crippen LogP contribution in [0.5, 0.6) is 0 Å². The van der Waals surface area contributed by atoms with E-state index in [9.17, 15) is 66.3 Å². The number of nitrogens with zero attached hydrogens (tertiary/aromatic N) is 1. The van der Waals surface area contributed by atoms with Crippen LogP contribution >= 0.6 is 11.6 Å². The lowest BCUT2D eigenvalue weighted by atomic mass is 9.91. The molecule has 0 heterocycles. The molecule has 0 aromatic heterocycles. The number of rotatable bonds is 9. The predicted molar refractivity (Wildman–Crippen MR) is 68.4 cm³/mol. The van der Waals surface area contributed by atoms with Gasteiger partial charge in [0.1, 0.15) is 0 Å². The number of carbonyl (C=O) groups excluding carboxylic acids is 1. The van der Waals surface area contributed by atoms with Gasteiger partial charge in [-0.25, -0.2) is 0 Å². The van der Waals surface area contributed by atoms with Gasteiger partial charge in [0.2, 0.25) is 0 Å². The maximum atomic E-state index is 13.6. The number of hydrogen-bond donors (Lipinski definition) is 0. The summed E-state index contributed by atoms with van der Waals surface area (Å²) < 4.78 is 185. The Balaban J connectivity index is 6.61. The van der Waals surface area contributed by atoms with Gasteiger partial charge in [-0.3, -0.25) is 4.79 Å². The van der Waals surface area contributed by atoms with Crippen LogP contribution in [0.3, 0.4) is 0 Å². The molecule has 1 amide bonds. The first-order valence-corrected chi connectivity index (χ1v) is 7.44. The molecule has 2 nitrogen and oxygen atoms in total. The van der Waals surface area contributed by atoms with Gasteiger partial charge in [-0.2, -0.15) is 61.5 Å². The lowest BCUT2D eigenvalue weighted by molar-refractivity contribution is -0.432. The zero-order valence-corrected chi connectivity index (χ0v) is 14.7. The smallest absolute Gasteiger partial charge is 0.338 e. The molecule has 0 aliphatic carbocycles. The molecule has 174 valence electrons. The number of hydrogen-bond acceptors (Lipinski definition) is 1. The first kappa shape index (κ1) is 27.8. The van der Waals surface area contributed by atoms with Crippen LogP contribution in [0.2, 0.25) is 0 Å². The van der Waals surface area contributed by atoms with Crippen molar-refractivity contribution < 1.29 is 66.3 Å². The molecule has 0 radical (unpaired) electrons. The van der Waals surface area contributed by atoms with Gasteiger partial charge in [0.15, 0.2) is 0 Å². The average molecular weight is 486 g/mol.